The van der Waals surface area contributed by atoms with Crippen LogP contribution in [0.1, 0.15) is 6.92 Å². The fourth-order valence-electron chi connectivity index (χ4n) is 2.52. The lowest BCUT2D eigenvalue weighted by atomic mass is 10.2. The number of methoxy groups -OCH3 is 1. The molecule has 0 aliphatic carbocycles. The molecule has 0 radical (unpaired) electrons. The smallest absolute Gasteiger partial charge is 0.208 e. The summed E-state index contributed by atoms with van der Waals surface area (Å²) in [5, 5.41) is 10.6. The maximum Gasteiger partial charge on any atom is 0.208 e. The summed E-state index contributed by atoms with van der Waals surface area (Å²) in [6.07, 6.45) is 0.255. The molecule has 112 valence electrons. The summed E-state index contributed by atoms with van der Waals surface area (Å²) >= 11 is 1.62. The molecule has 5 nitrogen and oxygen atoms in total. The lowest BCUT2D eigenvalue weighted by Crippen LogP contribution is -2.48. The summed E-state index contributed by atoms with van der Waals surface area (Å²) < 4.78 is 11.1. The van der Waals surface area contributed by atoms with Crippen molar-refractivity contribution in [3.05, 3.63) is 30.3 Å². The van der Waals surface area contributed by atoms with Gasteiger partial charge >= 0.3 is 0 Å². The maximum atomic E-state index is 5.86. The highest BCUT2D eigenvalue weighted by Gasteiger charge is 2.27. The molecule has 1 aromatic carbocycles. The standard InChI is InChI=1S/C15H19N3O2S/c1-11-8-18(9-13(20-11)10-19-2)15-17-16-14(21-15)12-6-4-3-5-7-12/h3-7,11,13H,8-10H2,1-2H3. The van der Waals surface area contributed by atoms with Gasteiger partial charge in [-0.25, -0.2) is 0 Å². The summed E-state index contributed by atoms with van der Waals surface area (Å²) in [5.74, 6) is 0. The minimum Gasteiger partial charge on any atom is -0.382 e. The minimum atomic E-state index is 0.0859. The third-order valence-corrected chi connectivity index (χ3v) is 4.42. The Bertz CT molecular complexity index is 575. The second-order valence-corrected chi connectivity index (χ2v) is 6.14. The molecule has 2 heterocycles. The zero-order valence-electron chi connectivity index (χ0n) is 12.2. The zero-order chi connectivity index (χ0) is 14.7. The van der Waals surface area contributed by atoms with E-state index in [1.54, 1.807) is 18.4 Å². The third-order valence-electron chi connectivity index (χ3n) is 3.38. The topological polar surface area (TPSA) is 47.5 Å². The second kappa shape index (κ2) is 6.51. The Balaban J connectivity index is 1.76. The van der Waals surface area contributed by atoms with E-state index in [4.69, 9.17) is 9.47 Å². The zero-order valence-corrected chi connectivity index (χ0v) is 13.0. The van der Waals surface area contributed by atoms with Crippen LogP contribution in [0.3, 0.4) is 0 Å². The molecule has 1 saturated heterocycles. The van der Waals surface area contributed by atoms with Crippen molar-refractivity contribution in [3.63, 3.8) is 0 Å². The summed E-state index contributed by atoms with van der Waals surface area (Å²) in [6, 6.07) is 10.1. The van der Waals surface area contributed by atoms with E-state index in [1.807, 2.05) is 18.2 Å². The summed E-state index contributed by atoms with van der Waals surface area (Å²) in [7, 11) is 1.70. The molecule has 21 heavy (non-hydrogen) atoms. The number of ether oxygens (including phenoxy) is 2. The molecule has 3 rings (SSSR count). The van der Waals surface area contributed by atoms with E-state index in [2.05, 4.69) is 34.2 Å². The van der Waals surface area contributed by atoms with Crippen LogP contribution in [0.5, 0.6) is 0 Å². The second-order valence-electron chi connectivity index (χ2n) is 5.18. The molecule has 1 aromatic heterocycles. The molecule has 0 saturated carbocycles. The Hall–Kier alpha value is -1.50. The molecule has 0 spiro atoms. The van der Waals surface area contributed by atoms with Gasteiger partial charge in [0.25, 0.3) is 0 Å². The first-order valence-corrected chi connectivity index (χ1v) is 7.86. The fraction of sp³-hybridized carbons (Fsp3) is 0.467. The lowest BCUT2D eigenvalue weighted by Gasteiger charge is -2.36. The molecule has 1 aliphatic rings. The average molecular weight is 305 g/mol. The molecular weight excluding hydrogens is 286 g/mol. The molecule has 0 bridgehead atoms. The first-order chi connectivity index (χ1) is 10.3. The van der Waals surface area contributed by atoms with E-state index < -0.39 is 0 Å². The van der Waals surface area contributed by atoms with Gasteiger partial charge in [0.2, 0.25) is 5.13 Å². The van der Waals surface area contributed by atoms with Crippen LogP contribution in [0.25, 0.3) is 10.6 Å². The number of rotatable bonds is 4. The Kier molecular flexibility index (Phi) is 4.48. The van der Waals surface area contributed by atoms with Crippen molar-refractivity contribution >= 4 is 16.5 Å². The van der Waals surface area contributed by atoms with Gasteiger partial charge in [-0.05, 0) is 6.92 Å². The predicted octanol–water partition coefficient (Wildman–Crippen LogP) is 2.45. The molecule has 2 unspecified atom stereocenters. The highest BCUT2D eigenvalue weighted by atomic mass is 32.1. The minimum absolute atomic E-state index is 0.0859. The Morgan fingerprint density at radius 1 is 1.29 bits per heavy atom. The summed E-state index contributed by atoms with van der Waals surface area (Å²) in [6.45, 7) is 4.31. The van der Waals surface area contributed by atoms with Crippen molar-refractivity contribution in [2.24, 2.45) is 0 Å². The Morgan fingerprint density at radius 3 is 2.86 bits per heavy atom. The van der Waals surface area contributed by atoms with Gasteiger partial charge in [-0.1, -0.05) is 41.7 Å². The normalized spacial score (nSPS) is 22.5. The van der Waals surface area contributed by atoms with E-state index in [0.29, 0.717) is 6.61 Å². The van der Waals surface area contributed by atoms with E-state index >= 15 is 0 Å². The highest BCUT2D eigenvalue weighted by molar-refractivity contribution is 7.18. The summed E-state index contributed by atoms with van der Waals surface area (Å²) in [4.78, 5) is 2.24. The quantitative estimate of drug-likeness (QED) is 0.868. The molecule has 2 atom stereocenters. The molecule has 2 aromatic rings. The van der Waals surface area contributed by atoms with Crippen LogP contribution < -0.4 is 4.90 Å². The number of hydrogen-bond acceptors (Lipinski definition) is 6. The van der Waals surface area contributed by atoms with Crippen LogP contribution in [-0.4, -0.2) is 49.2 Å². The number of anilines is 1. The van der Waals surface area contributed by atoms with E-state index in [9.17, 15) is 0 Å². The molecule has 1 fully saturated rings. The largest absolute Gasteiger partial charge is 0.382 e. The van der Waals surface area contributed by atoms with Crippen molar-refractivity contribution in [3.8, 4) is 10.6 Å². The Morgan fingerprint density at radius 2 is 2.10 bits per heavy atom. The Labute approximate surface area is 128 Å². The van der Waals surface area contributed by atoms with Gasteiger partial charge < -0.3 is 14.4 Å². The van der Waals surface area contributed by atoms with Gasteiger partial charge in [0.05, 0.1) is 18.8 Å². The molecular formula is C15H19N3O2S. The van der Waals surface area contributed by atoms with Crippen molar-refractivity contribution < 1.29 is 9.47 Å². The molecule has 1 aliphatic heterocycles. The van der Waals surface area contributed by atoms with Crippen LogP contribution >= 0.6 is 11.3 Å². The lowest BCUT2D eigenvalue weighted by molar-refractivity contribution is -0.0511. The van der Waals surface area contributed by atoms with Crippen LogP contribution in [-0.2, 0) is 9.47 Å². The number of morpholine rings is 1. The van der Waals surface area contributed by atoms with E-state index in [0.717, 1.165) is 28.8 Å². The van der Waals surface area contributed by atoms with Gasteiger partial charge in [0.15, 0.2) is 0 Å². The summed E-state index contributed by atoms with van der Waals surface area (Å²) in [5.41, 5.74) is 1.11. The van der Waals surface area contributed by atoms with Gasteiger partial charge in [-0.15, -0.1) is 10.2 Å². The van der Waals surface area contributed by atoms with E-state index in [-0.39, 0.29) is 12.2 Å². The van der Waals surface area contributed by atoms with Crippen LogP contribution in [0.15, 0.2) is 30.3 Å². The maximum absolute atomic E-state index is 5.86. The number of nitrogens with zero attached hydrogens (tertiary/aromatic N) is 3. The highest BCUT2D eigenvalue weighted by Crippen LogP contribution is 2.30. The number of hydrogen-bond donors (Lipinski definition) is 0. The molecule has 0 N–H and O–H groups in total. The van der Waals surface area contributed by atoms with Crippen molar-refractivity contribution in [1.82, 2.24) is 10.2 Å². The van der Waals surface area contributed by atoms with Crippen molar-refractivity contribution in [1.29, 1.82) is 0 Å². The predicted molar refractivity (Wildman–Crippen MR) is 83.8 cm³/mol. The first-order valence-electron chi connectivity index (χ1n) is 7.04. The number of benzene rings is 1. The fourth-order valence-corrected chi connectivity index (χ4v) is 3.39. The monoisotopic (exact) mass is 305 g/mol. The van der Waals surface area contributed by atoms with Crippen molar-refractivity contribution in [2.75, 3.05) is 31.7 Å². The average Bonchev–Trinajstić information content (AvgIpc) is 2.98. The number of aromatic nitrogens is 2. The van der Waals surface area contributed by atoms with Gasteiger partial charge in [0, 0.05) is 25.8 Å². The third kappa shape index (κ3) is 3.40. The SMILES string of the molecule is COCC1CN(c2nnc(-c3ccccc3)s2)CC(C)O1. The van der Waals surface area contributed by atoms with Crippen LogP contribution in [0.4, 0.5) is 5.13 Å². The molecule has 6 heteroatoms. The van der Waals surface area contributed by atoms with Gasteiger partial charge in [-0.3, -0.25) is 0 Å². The van der Waals surface area contributed by atoms with Gasteiger partial charge in [0.1, 0.15) is 5.01 Å². The first kappa shape index (κ1) is 14.4. The van der Waals surface area contributed by atoms with Gasteiger partial charge in [-0.2, -0.15) is 0 Å². The molecule has 0 amide bonds. The van der Waals surface area contributed by atoms with Crippen LogP contribution in [0, 0.1) is 0 Å². The van der Waals surface area contributed by atoms with Crippen LogP contribution in [0.2, 0.25) is 0 Å². The van der Waals surface area contributed by atoms with Crippen molar-refractivity contribution in [2.45, 2.75) is 19.1 Å². The van der Waals surface area contributed by atoms with E-state index in [1.165, 1.54) is 0 Å².